The van der Waals surface area contributed by atoms with Crippen LogP contribution >= 0.6 is 0 Å². The maximum absolute atomic E-state index is 8.79. The number of rotatable bonds is 3. The lowest BCUT2D eigenvalue weighted by molar-refractivity contribution is -0.150. The van der Waals surface area contributed by atoms with Crippen LogP contribution < -0.4 is 0 Å². The highest BCUT2D eigenvalue weighted by Gasteiger charge is 2.31. The molecule has 3 atom stereocenters. The van der Waals surface area contributed by atoms with Gasteiger partial charge in [-0.25, -0.2) is 0 Å². The number of aliphatic hydroxyl groups excluding tert-OH is 1. The lowest BCUT2D eigenvalue weighted by atomic mass is 10.1. The van der Waals surface area contributed by atoms with E-state index in [1.807, 2.05) is 20.8 Å². The van der Waals surface area contributed by atoms with Crippen molar-refractivity contribution in [3.63, 3.8) is 0 Å². The third-order valence-corrected chi connectivity index (χ3v) is 1.96. The van der Waals surface area contributed by atoms with Crippen molar-refractivity contribution in [2.24, 2.45) is 5.92 Å². The van der Waals surface area contributed by atoms with Crippen molar-refractivity contribution in [2.45, 2.75) is 73.6 Å². The van der Waals surface area contributed by atoms with Crippen molar-refractivity contribution in [1.29, 1.82) is 0 Å². The third-order valence-electron chi connectivity index (χ3n) is 1.96. The van der Waals surface area contributed by atoms with Crippen LogP contribution in [0.1, 0.15) is 55.4 Å². The van der Waals surface area contributed by atoms with E-state index in [1.54, 1.807) is 0 Å². The van der Waals surface area contributed by atoms with Crippen molar-refractivity contribution < 1.29 is 24.8 Å². The third kappa shape index (κ3) is 15.7. The molecule has 1 heterocycles. The van der Waals surface area contributed by atoms with E-state index >= 15 is 0 Å². The van der Waals surface area contributed by atoms with Crippen LogP contribution in [0.15, 0.2) is 0 Å². The van der Waals surface area contributed by atoms with Gasteiger partial charge >= 0.3 is 0 Å². The highest BCUT2D eigenvalue weighted by Crippen LogP contribution is 2.26. The van der Waals surface area contributed by atoms with E-state index in [-0.39, 0.29) is 26.4 Å². The summed E-state index contributed by atoms with van der Waals surface area (Å²) in [6.45, 7) is 11.4. The van der Waals surface area contributed by atoms with E-state index in [0.717, 1.165) is 6.42 Å². The van der Waals surface area contributed by atoms with E-state index in [1.165, 1.54) is 13.8 Å². The van der Waals surface area contributed by atoms with Crippen LogP contribution in [0.4, 0.5) is 0 Å². The van der Waals surface area contributed by atoms with Crippen LogP contribution in [-0.2, 0) is 9.47 Å². The van der Waals surface area contributed by atoms with Gasteiger partial charge in [0.15, 0.2) is 12.1 Å². The minimum atomic E-state index is -1.50. The summed E-state index contributed by atoms with van der Waals surface area (Å²) in [6.07, 6.45) is 0.792. The second-order valence-electron chi connectivity index (χ2n) is 4.47. The molecule has 0 aromatic rings. The van der Waals surface area contributed by atoms with Crippen molar-refractivity contribution in [3.8, 4) is 0 Å². The molecule has 1 rings (SSSR count). The predicted molar refractivity (Wildman–Crippen MR) is 77.7 cm³/mol. The van der Waals surface area contributed by atoms with Crippen molar-refractivity contribution in [2.75, 3.05) is 13.2 Å². The van der Waals surface area contributed by atoms with Gasteiger partial charge in [-0.3, -0.25) is 0 Å². The molecule has 0 radical (unpaired) electrons. The molecule has 0 aromatic carbocycles. The first-order valence-corrected chi connectivity index (χ1v) is 6.60. The summed E-state index contributed by atoms with van der Waals surface area (Å²) in [6, 6.07) is 0. The molecule has 5 nitrogen and oxygen atoms in total. The van der Waals surface area contributed by atoms with Crippen LogP contribution in [-0.4, -0.2) is 46.7 Å². The summed E-state index contributed by atoms with van der Waals surface area (Å²) in [7, 11) is 0. The van der Waals surface area contributed by atoms with Gasteiger partial charge in [-0.15, -0.1) is 0 Å². The fourth-order valence-electron chi connectivity index (χ4n) is 1.39. The maximum atomic E-state index is 8.79. The molecule has 3 unspecified atom stereocenters. The standard InChI is InChI=1S/C8H16O3.C3H8O2.C2H6.CH4/c1-3-10-8-6(2)4-7(5-9)11-8;1-3(2,4)5;1-2;/h6-9H,3-5H2,1-2H3;4-5H,1-2H3;1-2H3;1H4. The van der Waals surface area contributed by atoms with Gasteiger partial charge in [-0.2, -0.15) is 0 Å². The maximum Gasteiger partial charge on any atom is 0.160 e. The van der Waals surface area contributed by atoms with E-state index < -0.39 is 5.79 Å². The average molecular weight is 282 g/mol. The summed E-state index contributed by atoms with van der Waals surface area (Å²) >= 11 is 0. The second kappa shape index (κ2) is 12.8. The van der Waals surface area contributed by atoms with Crippen LogP contribution in [0.2, 0.25) is 0 Å². The quantitative estimate of drug-likeness (QED) is 0.691. The van der Waals surface area contributed by atoms with Crippen LogP contribution in [0.3, 0.4) is 0 Å². The molecule has 3 N–H and O–H groups in total. The zero-order valence-electron chi connectivity index (χ0n) is 12.5. The first-order valence-electron chi connectivity index (χ1n) is 6.60. The van der Waals surface area contributed by atoms with Gasteiger partial charge in [0.25, 0.3) is 0 Å². The molecular formula is C14H34O5. The first kappa shape index (κ1) is 23.9. The van der Waals surface area contributed by atoms with Crippen molar-refractivity contribution in [3.05, 3.63) is 0 Å². The Morgan fingerprint density at radius 3 is 1.95 bits per heavy atom. The topological polar surface area (TPSA) is 79.2 Å². The SMILES string of the molecule is C.CC.CC(C)(O)O.CCOC1OC(CO)CC1C. The minimum Gasteiger partial charge on any atom is -0.394 e. The van der Waals surface area contributed by atoms with E-state index in [9.17, 15) is 0 Å². The Hall–Kier alpha value is -0.200. The molecule has 1 aliphatic heterocycles. The average Bonchev–Trinajstić information content (AvgIpc) is 2.61. The Morgan fingerprint density at radius 2 is 1.68 bits per heavy atom. The molecule has 0 aliphatic carbocycles. The van der Waals surface area contributed by atoms with Gasteiger partial charge in [0.05, 0.1) is 12.7 Å². The van der Waals surface area contributed by atoms with Gasteiger partial charge in [0, 0.05) is 12.5 Å². The molecule has 120 valence electrons. The first-order chi connectivity index (χ1) is 8.27. The molecule has 5 heteroatoms. The van der Waals surface area contributed by atoms with Crippen LogP contribution in [0.25, 0.3) is 0 Å². The summed E-state index contributed by atoms with van der Waals surface area (Å²) in [5.74, 6) is -1.09. The lowest BCUT2D eigenvalue weighted by Gasteiger charge is -2.14. The summed E-state index contributed by atoms with van der Waals surface area (Å²) in [5.41, 5.74) is 0. The predicted octanol–water partition coefficient (Wildman–Crippen LogP) is 2.14. The number of hydrogen-bond donors (Lipinski definition) is 3. The summed E-state index contributed by atoms with van der Waals surface area (Å²) < 4.78 is 10.7. The molecule has 19 heavy (non-hydrogen) atoms. The molecule has 0 spiro atoms. The molecule has 0 aromatic heterocycles. The Morgan fingerprint density at radius 1 is 1.26 bits per heavy atom. The molecule has 1 saturated heterocycles. The Labute approximate surface area is 118 Å². The summed E-state index contributed by atoms with van der Waals surface area (Å²) in [5, 5.41) is 24.9. The smallest absolute Gasteiger partial charge is 0.160 e. The van der Waals surface area contributed by atoms with Gasteiger partial charge in [0.2, 0.25) is 0 Å². The highest BCUT2D eigenvalue weighted by molar-refractivity contribution is 4.73. The van der Waals surface area contributed by atoms with Crippen LogP contribution in [0, 0.1) is 5.92 Å². The van der Waals surface area contributed by atoms with E-state index in [2.05, 4.69) is 6.92 Å². The van der Waals surface area contributed by atoms with Crippen LogP contribution in [0.5, 0.6) is 0 Å². The summed E-state index contributed by atoms with van der Waals surface area (Å²) in [4.78, 5) is 0. The lowest BCUT2D eigenvalue weighted by Crippen LogP contribution is -2.19. The van der Waals surface area contributed by atoms with E-state index in [0.29, 0.717) is 12.5 Å². The van der Waals surface area contributed by atoms with E-state index in [4.69, 9.17) is 24.8 Å². The Kier molecular flexibility index (Phi) is 16.1. The molecule has 1 fully saturated rings. The highest BCUT2D eigenvalue weighted by atomic mass is 16.7. The largest absolute Gasteiger partial charge is 0.394 e. The monoisotopic (exact) mass is 282 g/mol. The molecule has 0 bridgehead atoms. The van der Waals surface area contributed by atoms with Crippen molar-refractivity contribution in [1.82, 2.24) is 0 Å². The molecule has 0 saturated carbocycles. The van der Waals surface area contributed by atoms with Gasteiger partial charge < -0.3 is 24.8 Å². The van der Waals surface area contributed by atoms with Crippen molar-refractivity contribution >= 4 is 0 Å². The normalized spacial score (nSPS) is 25.4. The zero-order chi connectivity index (χ0) is 14.8. The Balaban J connectivity index is -0.000000275. The second-order valence-corrected chi connectivity index (χ2v) is 4.47. The molecular weight excluding hydrogens is 248 g/mol. The Bertz CT molecular complexity index is 173. The molecule has 0 amide bonds. The zero-order valence-corrected chi connectivity index (χ0v) is 12.5. The molecule has 1 aliphatic rings. The minimum absolute atomic E-state index is 0. The van der Waals surface area contributed by atoms with Gasteiger partial charge in [-0.05, 0) is 27.2 Å². The van der Waals surface area contributed by atoms with Gasteiger partial charge in [0.1, 0.15) is 0 Å². The number of hydrogen-bond acceptors (Lipinski definition) is 5. The number of ether oxygens (including phenoxy) is 2. The fourth-order valence-corrected chi connectivity index (χ4v) is 1.39. The fraction of sp³-hybridized carbons (Fsp3) is 1.00. The van der Waals surface area contributed by atoms with Gasteiger partial charge in [-0.1, -0.05) is 28.2 Å². The number of aliphatic hydroxyl groups is 3.